The van der Waals surface area contributed by atoms with Crippen molar-refractivity contribution in [1.29, 1.82) is 0 Å². The topological polar surface area (TPSA) is 115 Å². The molecule has 0 bridgehead atoms. The molecule has 0 radical (unpaired) electrons. The summed E-state index contributed by atoms with van der Waals surface area (Å²) in [6, 6.07) is 20.3. The van der Waals surface area contributed by atoms with Gasteiger partial charge in [-0.25, -0.2) is 5.43 Å². The number of aromatic nitrogens is 3. The lowest BCUT2D eigenvalue weighted by atomic mass is 10.2. The minimum atomic E-state index is -0.498. The van der Waals surface area contributed by atoms with E-state index in [4.69, 9.17) is 23.2 Å². The highest BCUT2D eigenvalue weighted by molar-refractivity contribution is 7.99. The first-order chi connectivity index (χ1) is 16.9. The van der Waals surface area contributed by atoms with Gasteiger partial charge in [-0.1, -0.05) is 47.1 Å². The Kier molecular flexibility index (Phi) is 7.76. The number of nitro benzene ring substituents is 1. The van der Waals surface area contributed by atoms with Gasteiger partial charge in [0.15, 0.2) is 11.0 Å². The van der Waals surface area contributed by atoms with E-state index in [0.29, 0.717) is 26.6 Å². The monoisotopic (exact) mass is 526 g/mol. The van der Waals surface area contributed by atoms with Crippen molar-refractivity contribution < 1.29 is 9.72 Å². The maximum absolute atomic E-state index is 12.3. The third kappa shape index (κ3) is 6.24. The number of nitrogens with one attached hydrogen (secondary N) is 1. The molecule has 3 aromatic carbocycles. The highest BCUT2D eigenvalue weighted by Crippen LogP contribution is 2.29. The Bertz CT molecular complexity index is 1390. The second-order valence-electron chi connectivity index (χ2n) is 7.06. The number of nitro groups is 1. The van der Waals surface area contributed by atoms with Crippen molar-refractivity contribution in [2.24, 2.45) is 5.10 Å². The van der Waals surface area contributed by atoms with Crippen LogP contribution >= 0.6 is 35.0 Å². The molecule has 0 aliphatic heterocycles. The zero-order chi connectivity index (χ0) is 24.8. The predicted molar refractivity (Wildman–Crippen MR) is 136 cm³/mol. The minimum Gasteiger partial charge on any atom is -0.272 e. The first kappa shape index (κ1) is 24.4. The summed E-state index contributed by atoms with van der Waals surface area (Å²) in [5.41, 5.74) is 4.41. The van der Waals surface area contributed by atoms with Crippen LogP contribution in [-0.2, 0) is 4.79 Å². The van der Waals surface area contributed by atoms with Crippen LogP contribution in [0.3, 0.4) is 0 Å². The SMILES string of the molecule is O=C(CSc1nnc(-c2ccc(Cl)cc2)n1-c1ccc(Cl)cc1)N/N=C\c1cccc([N+](=O)[O-])c1. The van der Waals surface area contributed by atoms with Gasteiger partial charge in [0.05, 0.1) is 16.9 Å². The number of non-ortho nitro benzene ring substituents is 1. The van der Waals surface area contributed by atoms with E-state index in [-0.39, 0.29) is 17.3 Å². The maximum Gasteiger partial charge on any atom is 0.270 e. The van der Waals surface area contributed by atoms with Crippen molar-refractivity contribution in [1.82, 2.24) is 20.2 Å². The lowest BCUT2D eigenvalue weighted by Crippen LogP contribution is -2.20. The first-order valence-electron chi connectivity index (χ1n) is 10.1. The van der Waals surface area contributed by atoms with E-state index < -0.39 is 4.92 Å². The van der Waals surface area contributed by atoms with E-state index in [2.05, 4.69) is 20.7 Å². The number of rotatable bonds is 8. The summed E-state index contributed by atoms with van der Waals surface area (Å²) in [5, 5.41) is 25.0. The highest BCUT2D eigenvalue weighted by Gasteiger charge is 2.17. The maximum atomic E-state index is 12.3. The highest BCUT2D eigenvalue weighted by atomic mass is 35.5. The Balaban J connectivity index is 1.49. The van der Waals surface area contributed by atoms with E-state index in [1.54, 1.807) is 36.4 Å². The predicted octanol–water partition coefficient (Wildman–Crippen LogP) is 5.39. The molecule has 176 valence electrons. The molecule has 9 nitrogen and oxygen atoms in total. The summed E-state index contributed by atoms with van der Waals surface area (Å²) in [6.07, 6.45) is 1.34. The van der Waals surface area contributed by atoms with Gasteiger partial charge in [0.2, 0.25) is 0 Å². The molecular formula is C23H16Cl2N6O3S. The van der Waals surface area contributed by atoms with Crippen LogP contribution in [0.1, 0.15) is 5.56 Å². The molecule has 35 heavy (non-hydrogen) atoms. The number of carbonyl (C=O) groups is 1. The van der Waals surface area contributed by atoms with Crippen LogP contribution in [0.5, 0.6) is 0 Å². The van der Waals surface area contributed by atoms with E-state index in [9.17, 15) is 14.9 Å². The Morgan fingerprint density at radius 2 is 1.74 bits per heavy atom. The van der Waals surface area contributed by atoms with Crippen LogP contribution in [-0.4, -0.2) is 37.6 Å². The Hall–Kier alpha value is -3.73. The summed E-state index contributed by atoms with van der Waals surface area (Å²) in [7, 11) is 0. The Morgan fingerprint density at radius 3 is 2.43 bits per heavy atom. The summed E-state index contributed by atoms with van der Waals surface area (Å²) in [4.78, 5) is 22.7. The van der Waals surface area contributed by atoms with E-state index >= 15 is 0 Å². The molecule has 0 unspecified atom stereocenters. The van der Waals surface area contributed by atoms with Crippen molar-refractivity contribution in [3.8, 4) is 17.1 Å². The molecule has 1 heterocycles. The van der Waals surface area contributed by atoms with Crippen molar-refractivity contribution in [2.45, 2.75) is 5.16 Å². The fourth-order valence-electron chi connectivity index (χ4n) is 3.03. The van der Waals surface area contributed by atoms with Gasteiger partial charge >= 0.3 is 0 Å². The number of halogens is 2. The molecule has 0 saturated carbocycles. The van der Waals surface area contributed by atoms with Gasteiger partial charge in [-0.2, -0.15) is 5.10 Å². The number of benzene rings is 3. The van der Waals surface area contributed by atoms with Gasteiger partial charge in [-0.15, -0.1) is 10.2 Å². The number of thioether (sulfide) groups is 1. The molecule has 1 aromatic heterocycles. The van der Waals surface area contributed by atoms with Crippen molar-refractivity contribution >= 4 is 52.8 Å². The molecule has 4 rings (SSSR count). The van der Waals surface area contributed by atoms with Gasteiger partial charge in [0.1, 0.15) is 0 Å². The molecule has 0 saturated heterocycles. The van der Waals surface area contributed by atoms with Gasteiger partial charge in [-0.05, 0) is 48.5 Å². The normalized spacial score (nSPS) is 11.0. The fraction of sp³-hybridized carbons (Fsp3) is 0.0435. The largest absolute Gasteiger partial charge is 0.272 e. The zero-order valence-electron chi connectivity index (χ0n) is 17.8. The van der Waals surface area contributed by atoms with E-state index in [1.165, 1.54) is 30.1 Å². The summed E-state index contributed by atoms with van der Waals surface area (Å²) >= 11 is 13.2. The zero-order valence-corrected chi connectivity index (χ0v) is 20.2. The molecular weight excluding hydrogens is 511 g/mol. The van der Waals surface area contributed by atoms with Crippen molar-refractivity contribution in [3.63, 3.8) is 0 Å². The van der Waals surface area contributed by atoms with Crippen LogP contribution < -0.4 is 5.43 Å². The lowest BCUT2D eigenvalue weighted by Gasteiger charge is -2.10. The van der Waals surface area contributed by atoms with Gasteiger partial charge in [-0.3, -0.25) is 19.5 Å². The summed E-state index contributed by atoms with van der Waals surface area (Å²) < 4.78 is 1.82. The third-order valence-corrected chi connectivity index (χ3v) is 6.07. The molecule has 0 fully saturated rings. The Morgan fingerprint density at radius 1 is 1.06 bits per heavy atom. The molecule has 1 N–H and O–H groups in total. The van der Waals surface area contributed by atoms with Crippen LogP contribution in [0, 0.1) is 10.1 Å². The van der Waals surface area contributed by atoms with E-state index in [1.807, 2.05) is 28.8 Å². The molecule has 0 aliphatic rings. The average molecular weight is 527 g/mol. The molecule has 4 aromatic rings. The summed E-state index contributed by atoms with van der Waals surface area (Å²) in [5.74, 6) is 0.212. The first-order valence-corrected chi connectivity index (χ1v) is 11.8. The fourth-order valence-corrected chi connectivity index (χ4v) is 4.03. The van der Waals surface area contributed by atoms with Crippen molar-refractivity contribution in [3.05, 3.63) is 98.5 Å². The number of nitrogens with zero attached hydrogens (tertiary/aromatic N) is 5. The van der Waals surface area contributed by atoms with Gasteiger partial charge < -0.3 is 0 Å². The third-order valence-electron chi connectivity index (χ3n) is 4.64. The van der Waals surface area contributed by atoms with Crippen LogP contribution in [0.2, 0.25) is 10.0 Å². The average Bonchev–Trinajstić information content (AvgIpc) is 3.28. The molecule has 12 heteroatoms. The summed E-state index contributed by atoms with van der Waals surface area (Å²) in [6.45, 7) is 0. The second kappa shape index (κ2) is 11.1. The quantitative estimate of drug-likeness (QED) is 0.142. The van der Waals surface area contributed by atoms with Gasteiger partial charge in [0.25, 0.3) is 11.6 Å². The lowest BCUT2D eigenvalue weighted by molar-refractivity contribution is -0.384. The van der Waals surface area contributed by atoms with Crippen molar-refractivity contribution in [2.75, 3.05) is 5.75 Å². The molecule has 1 amide bonds. The minimum absolute atomic E-state index is 0.0125. The number of amides is 1. The smallest absolute Gasteiger partial charge is 0.270 e. The van der Waals surface area contributed by atoms with E-state index in [0.717, 1.165) is 11.3 Å². The van der Waals surface area contributed by atoms with Gasteiger partial charge in [0, 0.05) is 39.0 Å². The van der Waals surface area contributed by atoms with Crippen LogP contribution in [0.25, 0.3) is 17.1 Å². The standard InChI is InChI=1S/C23H16Cl2N6O3S/c24-17-6-4-16(5-7-17)22-28-29-23(30(22)19-10-8-18(25)9-11-19)35-14-21(32)27-26-13-15-2-1-3-20(12-15)31(33)34/h1-13H,14H2,(H,27,32)/b26-13-. The van der Waals surface area contributed by atoms with Crippen LogP contribution in [0.4, 0.5) is 5.69 Å². The molecule has 0 spiro atoms. The molecule has 0 aliphatic carbocycles. The number of hydrogen-bond donors (Lipinski definition) is 1. The van der Waals surface area contributed by atoms with Crippen LogP contribution in [0.15, 0.2) is 83.1 Å². The second-order valence-corrected chi connectivity index (χ2v) is 8.87. The Labute approximate surface area is 213 Å². The number of hydrazone groups is 1. The number of hydrogen-bond acceptors (Lipinski definition) is 7. The number of carbonyl (C=O) groups excluding carboxylic acids is 1. The molecule has 0 atom stereocenters.